The van der Waals surface area contributed by atoms with Crippen LogP contribution in [0.5, 0.6) is 0 Å². The highest BCUT2D eigenvalue weighted by atomic mass is 16.1. The quantitative estimate of drug-likeness (QED) is 0.795. The molecule has 1 aromatic carbocycles. The number of aromatic nitrogens is 1. The van der Waals surface area contributed by atoms with E-state index in [4.69, 9.17) is 5.73 Å². The zero-order valence-corrected chi connectivity index (χ0v) is 10.9. The van der Waals surface area contributed by atoms with E-state index in [9.17, 15) is 4.79 Å². The van der Waals surface area contributed by atoms with E-state index < -0.39 is 0 Å². The molecule has 3 nitrogen and oxygen atoms in total. The minimum Gasteiger partial charge on any atom is -0.398 e. The smallest absolute Gasteiger partial charge is 0.257 e. The summed E-state index contributed by atoms with van der Waals surface area (Å²) in [4.78, 5) is 12.3. The van der Waals surface area contributed by atoms with E-state index in [-0.39, 0.29) is 5.56 Å². The van der Waals surface area contributed by atoms with Gasteiger partial charge >= 0.3 is 0 Å². The van der Waals surface area contributed by atoms with E-state index in [0.29, 0.717) is 5.69 Å². The first-order chi connectivity index (χ1) is 9.27. The van der Waals surface area contributed by atoms with Crippen LogP contribution in [0.4, 0.5) is 5.69 Å². The maximum Gasteiger partial charge on any atom is 0.257 e. The number of hydrogen-bond donors (Lipinski definition) is 1. The molecule has 0 aliphatic heterocycles. The van der Waals surface area contributed by atoms with Crippen molar-refractivity contribution in [3.8, 4) is 5.69 Å². The van der Waals surface area contributed by atoms with Crippen molar-refractivity contribution in [1.82, 2.24) is 4.57 Å². The molecule has 0 fully saturated rings. The average Bonchev–Trinajstić information content (AvgIpc) is 2.66. The largest absolute Gasteiger partial charge is 0.398 e. The Labute approximate surface area is 112 Å². The highest BCUT2D eigenvalue weighted by molar-refractivity contribution is 5.51. The number of para-hydroxylation sites is 1. The van der Waals surface area contributed by atoms with Crippen LogP contribution in [0, 0.1) is 0 Å². The van der Waals surface area contributed by atoms with Crippen LogP contribution in [0.2, 0.25) is 0 Å². The van der Waals surface area contributed by atoms with Crippen LogP contribution < -0.4 is 11.3 Å². The van der Waals surface area contributed by atoms with Gasteiger partial charge in [-0.3, -0.25) is 9.36 Å². The first kappa shape index (κ1) is 12.0. The second kappa shape index (κ2) is 4.92. The molecule has 0 saturated carbocycles. The zero-order chi connectivity index (χ0) is 13.2. The highest BCUT2D eigenvalue weighted by Gasteiger charge is 2.17. The Morgan fingerprint density at radius 1 is 1.00 bits per heavy atom. The third-order valence-corrected chi connectivity index (χ3v) is 3.82. The van der Waals surface area contributed by atoms with Crippen molar-refractivity contribution in [2.75, 3.05) is 5.73 Å². The summed E-state index contributed by atoms with van der Waals surface area (Å²) in [5.41, 5.74) is 9.89. The minimum absolute atomic E-state index is 0.0238. The van der Waals surface area contributed by atoms with Crippen LogP contribution in [-0.2, 0) is 12.8 Å². The van der Waals surface area contributed by atoms with Crippen molar-refractivity contribution in [3.05, 3.63) is 58.0 Å². The van der Waals surface area contributed by atoms with Gasteiger partial charge in [0.1, 0.15) is 0 Å². The molecule has 19 heavy (non-hydrogen) atoms. The Bertz CT molecular complexity index is 644. The molecule has 1 aromatic heterocycles. The fraction of sp³-hybridized carbons (Fsp3) is 0.312. The fourth-order valence-corrected chi connectivity index (χ4v) is 2.90. The molecule has 0 unspecified atom stereocenters. The van der Waals surface area contributed by atoms with Gasteiger partial charge in [-0.2, -0.15) is 0 Å². The van der Waals surface area contributed by atoms with Gasteiger partial charge in [0.15, 0.2) is 0 Å². The summed E-state index contributed by atoms with van der Waals surface area (Å²) in [5, 5.41) is 0. The Hall–Kier alpha value is -2.03. The maximum absolute atomic E-state index is 12.3. The van der Waals surface area contributed by atoms with Crippen LogP contribution in [0.15, 0.2) is 41.2 Å². The summed E-state index contributed by atoms with van der Waals surface area (Å²) < 4.78 is 1.83. The molecule has 0 spiro atoms. The number of pyridine rings is 1. The number of hydrogen-bond acceptors (Lipinski definition) is 2. The second-order valence-electron chi connectivity index (χ2n) is 5.09. The molecule has 1 aliphatic carbocycles. The molecule has 0 bridgehead atoms. The molecule has 1 heterocycles. The van der Waals surface area contributed by atoms with E-state index in [1.165, 1.54) is 12.0 Å². The average molecular weight is 254 g/mol. The molecule has 2 N–H and O–H groups in total. The number of benzene rings is 1. The SMILES string of the molecule is Nc1cc(=O)n(-c2ccccc2)c2c1CCCCC2. The predicted octanol–water partition coefficient (Wildman–Crippen LogP) is 2.69. The lowest BCUT2D eigenvalue weighted by Crippen LogP contribution is -2.24. The number of anilines is 1. The Morgan fingerprint density at radius 2 is 1.74 bits per heavy atom. The topological polar surface area (TPSA) is 48.0 Å². The van der Waals surface area contributed by atoms with Gasteiger partial charge < -0.3 is 5.73 Å². The minimum atomic E-state index is -0.0238. The van der Waals surface area contributed by atoms with Crippen molar-refractivity contribution in [3.63, 3.8) is 0 Å². The molecule has 1 aliphatic rings. The zero-order valence-electron chi connectivity index (χ0n) is 10.9. The Morgan fingerprint density at radius 3 is 2.53 bits per heavy atom. The molecule has 2 aromatic rings. The molecule has 0 saturated heterocycles. The molecule has 0 atom stereocenters. The number of nitrogens with two attached hydrogens (primary N) is 1. The summed E-state index contributed by atoms with van der Waals surface area (Å²) in [6.45, 7) is 0. The monoisotopic (exact) mass is 254 g/mol. The summed E-state index contributed by atoms with van der Waals surface area (Å²) in [7, 11) is 0. The number of nitrogen functional groups attached to an aromatic ring is 1. The van der Waals surface area contributed by atoms with Gasteiger partial charge in [-0.15, -0.1) is 0 Å². The summed E-state index contributed by atoms with van der Waals surface area (Å²) in [6, 6.07) is 11.4. The van der Waals surface area contributed by atoms with Gasteiger partial charge in [-0.25, -0.2) is 0 Å². The van der Waals surface area contributed by atoms with Gasteiger partial charge in [0, 0.05) is 23.1 Å². The van der Waals surface area contributed by atoms with Gasteiger partial charge in [0.2, 0.25) is 0 Å². The second-order valence-corrected chi connectivity index (χ2v) is 5.09. The standard InChI is InChI=1S/C16H18N2O/c17-14-11-16(19)18(12-7-3-1-4-8-12)15-10-6-2-5-9-13(14)15/h1,3-4,7-8,11H,2,5-6,9-10,17H2. The number of rotatable bonds is 1. The number of fused-ring (bicyclic) bond motifs is 1. The lowest BCUT2D eigenvalue weighted by molar-refractivity contribution is 0.703. The Balaban J connectivity index is 2.27. The fourth-order valence-electron chi connectivity index (χ4n) is 2.90. The third kappa shape index (κ3) is 2.16. The number of nitrogens with zero attached hydrogens (tertiary/aromatic N) is 1. The van der Waals surface area contributed by atoms with Crippen LogP contribution in [-0.4, -0.2) is 4.57 Å². The normalized spacial score (nSPS) is 14.7. The first-order valence-electron chi connectivity index (χ1n) is 6.86. The molecular formula is C16H18N2O. The van der Waals surface area contributed by atoms with E-state index >= 15 is 0 Å². The van der Waals surface area contributed by atoms with Gasteiger partial charge in [0.05, 0.1) is 0 Å². The summed E-state index contributed by atoms with van der Waals surface area (Å²) >= 11 is 0. The van der Waals surface area contributed by atoms with Crippen LogP contribution in [0.3, 0.4) is 0 Å². The van der Waals surface area contributed by atoms with Crippen LogP contribution >= 0.6 is 0 Å². The van der Waals surface area contributed by atoms with Gasteiger partial charge in [0.25, 0.3) is 5.56 Å². The first-order valence-corrected chi connectivity index (χ1v) is 6.86. The summed E-state index contributed by atoms with van der Waals surface area (Å²) in [6.07, 6.45) is 5.41. The highest BCUT2D eigenvalue weighted by Crippen LogP contribution is 2.25. The Kier molecular flexibility index (Phi) is 3.11. The predicted molar refractivity (Wildman–Crippen MR) is 77.7 cm³/mol. The lowest BCUT2D eigenvalue weighted by Gasteiger charge is -2.17. The molecule has 98 valence electrons. The lowest BCUT2D eigenvalue weighted by atomic mass is 10.1. The van der Waals surface area contributed by atoms with Crippen molar-refractivity contribution in [2.45, 2.75) is 32.1 Å². The van der Waals surface area contributed by atoms with Crippen molar-refractivity contribution in [1.29, 1.82) is 0 Å². The molecule has 3 rings (SSSR count). The van der Waals surface area contributed by atoms with E-state index in [1.807, 2.05) is 34.9 Å². The van der Waals surface area contributed by atoms with Gasteiger partial charge in [-0.1, -0.05) is 24.6 Å². The van der Waals surface area contributed by atoms with Crippen LogP contribution in [0.1, 0.15) is 30.5 Å². The molecule has 0 amide bonds. The summed E-state index contributed by atoms with van der Waals surface area (Å²) in [5.74, 6) is 0. The molecule has 0 radical (unpaired) electrons. The van der Waals surface area contributed by atoms with Crippen LogP contribution in [0.25, 0.3) is 5.69 Å². The van der Waals surface area contributed by atoms with Crippen molar-refractivity contribution < 1.29 is 0 Å². The third-order valence-electron chi connectivity index (χ3n) is 3.82. The van der Waals surface area contributed by atoms with Crippen molar-refractivity contribution in [2.24, 2.45) is 0 Å². The van der Waals surface area contributed by atoms with E-state index in [2.05, 4.69) is 0 Å². The van der Waals surface area contributed by atoms with Gasteiger partial charge in [-0.05, 0) is 43.4 Å². The van der Waals surface area contributed by atoms with Crippen molar-refractivity contribution >= 4 is 5.69 Å². The molecule has 3 heteroatoms. The maximum atomic E-state index is 12.3. The molecular weight excluding hydrogens is 236 g/mol. The van der Waals surface area contributed by atoms with E-state index in [0.717, 1.165) is 37.1 Å². The van der Waals surface area contributed by atoms with E-state index in [1.54, 1.807) is 6.07 Å².